The second-order valence-electron chi connectivity index (χ2n) is 15.9. The van der Waals surface area contributed by atoms with Gasteiger partial charge in [0.2, 0.25) is 17.7 Å². The van der Waals surface area contributed by atoms with Crippen molar-refractivity contribution in [2.45, 2.75) is 70.7 Å². The van der Waals surface area contributed by atoms with E-state index in [1.54, 1.807) is 21.9 Å². The van der Waals surface area contributed by atoms with Crippen molar-refractivity contribution in [3.8, 4) is 22.6 Å². The highest BCUT2D eigenvalue weighted by Crippen LogP contribution is 2.43. The maximum Gasteiger partial charge on any atom is 0.256 e. The number of ether oxygens (including phenoxy) is 2. The molecule has 64 heavy (non-hydrogen) atoms. The first-order valence-electron chi connectivity index (χ1n) is 21.5. The molecule has 2 aromatic heterocycles. The van der Waals surface area contributed by atoms with Gasteiger partial charge < -0.3 is 29.5 Å². The number of rotatable bonds is 18. The van der Waals surface area contributed by atoms with Gasteiger partial charge in [0.1, 0.15) is 47.6 Å². The van der Waals surface area contributed by atoms with Crippen molar-refractivity contribution < 1.29 is 37.4 Å². The number of piperidine rings is 1. The van der Waals surface area contributed by atoms with E-state index < -0.39 is 23.6 Å². The molecule has 8 rings (SSSR count). The van der Waals surface area contributed by atoms with Crippen LogP contribution in [0.15, 0.2) is 72.9 Å². The molecule has 0 bridgehead atoms. The quantitative estimate of drug-likeness (QED) is 0.0513. The number of benzene rings is 3. The van der Waals surface area contributed by atoms with E-state index in [2.05, 4.69) is 27.2 Å². The molecule has 4 amide bonds. The Kier molecular flexibility index (Phi) is 14.1. The first-order valence-corrected chi connectivity index (χ1v) is 22.7. The number of thiophene rings is 1. The second-order valence-corrected chi connectivity index (χ2v) is 17.3. The predicted octanol–water partition coefficient (Wildman–Crippen LogP) is 7.58. The summed E-state index contributed by atoms with van der Waals surface area (Å²) in [4.78, 5) is 63.8. The standard InChI is InChI=1S/C47H48ClF2N7O6S/c1-2-40(59)55-18-20-56(21-19-55)45-31-23-34(48)41(43(50)44(31)52-28-53-45)42-35(49)9-8-10-37(42)62-22-7-5-3-4-6-17-51-24-29-11-13-30(14-12-29)63-26-38-32-25-57(47(61)33(32)27-64-38)36-15-16-39(58)54-46(36)60/h2,8-14,23,27-28,36,51H,1,3-7,15-22,24-26H2,(H,54,58,60)/t36-/m0/s1. The monoisotopic (exact) mass is 911 g/mol. The van der Waals surface area contributed by atoms with Gasteiger partial charge >= 0.3 is 0 Å². The number of unbranched alkanes of at least 4 members (excludes halogenated alkanes) is 4. The van der Waals surface area contributed by atoms with Crippen molar-refractivity contribution in [1.82, 2.24) is 30.4 Å². The van der Waals surface area contributed by atoms with E-state index in [0.29, 0.717) is 75.7 Å². The highest BCUT2D eigenvalue weighted by molar-refractivity contribution is 7.10. The molecule has 0 aliphatic carbocycles. The largest absolute Gasteiger partial charge is 0.493 e. The summed E-state index contributed by atoms with van der Waals surface area (Å²) in [5.74, 6) is -1.09. The lowest BCUT2D eigenvalue weighted by Crippen LogP contribution is -2.52. The van der Waals surface area contributed by atoms with Gasteiger partial charge in [0.25, 0.3) is 5.91 Å². The Labute approximate surface area is 378 Å². The van der Waals surface area contributed by atoms with Gasteiger partial charge in [0, 0.05) is 72.5 Å². The van der Waals surface area contributed by atoms with Crippen LogP contribution in [0.2, 0.25) is 5.02 Å². The molecule has 2 fully saturated rings. The third kappa shape index (κ3) is 9.73. The summed E-state index contributed by atoms with van der Waals surface area (Å²) in [6.45, 7) is 7.97. The molecule has 5 aromatic rings. The zero-order chi connectivity index (χ0) is 44.7. The number of hydrogen-bond acceptors (Lipinski definition) is 11. The summed E-state index contributed by atoms with van der Waals surface area (Å²) >= 11 is 8.19. The average molecular weight is 912 g/mol. The number of hydrogen-bond donors (Lipinski definition) is 2. The lowest BCUT2D eigenvalue weighted by atomic mass is 10.0. The molecular weight excluding hydrogens is 864 g/mol. The minimum absolute atomic E-state index is 0.00738. The summed E-state index contributed by atoms with van der Waals surface area (Å²) in [6, 6.07) is 13.2. The summed E-state index contributed by atoms with van der Waals surface area (Å²) < 4.78 is 43.9. The molecule has 17 heteroatoms. The van der Waals surface area contributed by atoms with E-state index in [9.17, 15) is 19.2 Å². The van der Waals surface area contributed by atoms with Crippen molar-refractivity contribution in [3.05, 3.63) is 111 Å². The summed E-state index contributed by atoms with van der Waals surface area (Å²) in [7, 11) is 0. The zero-order valence-corrected chi connectivity index (χ0v) is 36.7. The zero-order valence-electron chi connectivity index (χ0n) is 35.2. The van der Waals surface area contributed by atoms with Crippen LogP contribution in [0, 0.1) is 11.6 Å². The van der Waals surface area contributed by atoms with E-state index in [-0.39, 0.29) is 51.6 Å². The lowest BCUT2D eigenvalue weighted by Gasteiger charge is -2.35. The lowest BCUT2D eigenvalue weighted by molar-refractivity contribution is -0.137. The Balaban J connectivity index is 0.748. The molecular formula is C47H48ClF2N7O6S. The van der Waals surface area contributed by atoms with Gasteiger partial charge in [-0.2, -0.15) is 0 Å². The van der Waals surface area contributed by atoms with Crippen molar-refractivity contribution in [2.24, 2.45) is 0 Å². The van der Waals surface area contributed by atoms with E-state index in [0.717, 1.165) is 60.4 Å². The van der Waals surface area contributed by atoms with Gasteiger partial charge in [-0.1, -0.05) is 55.6 Å². The Morgan fingerprint density at radius 2 is 1.77 bits per heavy atom. The van der Waals surface area contributed by atoms with Gasteiger partial charge in [-0.3, -0.25) is 24.5 Å². The van der Waals surface area contributed by atoms with Crippen molar-refractivity contribution in [1.29, 1.82) is 0 Å². The average Bonchev–Trinajstić information content (AvgIpc) is 3.85. The van der Waals surface area contributed by atoms with Crippen molar-refractivity contribution >= 4 is 63.3 Å². The van der Waals surface area contributed by atoms with Crippen LogP contribution in [0.25, 0.3) is 22.0 Å². The minimum Gasteiger partial charge on any atom is -0.493 e. The van der Waals surface area contributed by atoms with Gasteiger partial charge in [0.05, 0.1) is 22.8 Å². The summed E-state index contributed by atoms with van der Waals surface area (Å²) in [6.07, 6.45) is 7.78. The number of anilines is 1. The number of imide groups is 1. The fourth-order valence-corrected chi connectivity index (χ4v) is 9.64. The highest BCUT2D eigenvalue weighted by Gasteiger charge is 2.40. The predicted molar refractivity (Wildman–Crippen MR) is 240 cm³/mol. The van der Waals surface area contributed by atoms with Crippen LogP contribution >= 0.6 is 22.9 Å². The van der Waals surface area contributed by atoms with Crippen LogP contribution < -0.4 is 25.0 Å². The molecule has 0 spiro atoms. The van der Waals surface area contributed by atoms with Crippen LogP contribution in [-0.2, 0) is 34.1 Å². The molecule has 2 N–H and O–H groups in total. The molecule has 0 radical (unpaired) electrons. The fraction of sp³-hybridized carbons (Fsp3) is 0.362. The van der Waals surface area contributed by atoms with Crippen LogP contribution in [0.3, 0.4) is 0 Å². The SMILES string of the molecule is C=CC(=O)N1CCN(c2ncnc3c(F)c(-c4c(F)cccc4OCCCCCCCNCc4ccc(OCc5scc6c5CN([C@H]5CCC(=O)NC5=O)C6=O)cc4)c(Cl)cc23)CC1. The summed E-state index contributed by atoms with van der Waals surface area (Å²) in [5.41, 5.74) is 2.44. The smallest absolute Gasteiger partial charge is 0.256 e. The van der Waals surface area contributed by atoms with E-state index in [1.807, 2.05) is 34.5 Å². The molecule has 334 valence electrons. The maximum absolute atomic E-state index is 16.3. The normalized spacial score (nSPS) is 16.3. The molecule has 5 heterocycles. The van der Waals surface area contributed by atoms with Gasteiger partial charge in [-0.15, -0.1) is 11.3 Å². The number of carbonyl (C=O) groups excluding carboxylic acids is 4. The Bertz CT molecular complexity index is 2570. The molecule has 13 nitrogen and oxygen atoms in total. The molecule has 0 saturated carbocycles. The number of fused-ring (bicyclic) bond motifs is 2. The highest BCUT2D eigenvalue weighted by atomic mass is 35.5. The van der Waals surface area contributed by atoms with Gasteiger partial charge in [-0.05, 0) is 67.8 Å². The van der Waals surface area contributed by atoms with Crippen LogP contribution in [0.4, 0.5) is 14.6 Å². The maximum atomic E-state index is 16.3. The molecule has 3 aromatic carbocycles. The number of piperazine rings is 1. The molecule has 2 saturated heterocycles. The van der Waals surface area contributed by atoms with Crippen molar-refractivity contribution in [2.75, 3.05) is 44.2 Å². The van der Waals surface area contributed by atoms with Gasteiger partial charge in [-0.25, -0.2) is 18.7 Å². The van der Waals surface area contributed by atoms with Gasteiger partial charge in [0.15, 0.2) is 5.82 Å². The molecule has 3 aliphatic rings. The van der Waals surface area contributed by atoms with Crippen molar-refractivity contribution in [3.63, 3.8) is 0 Å². The molecule has 0 unspecified atom stereocenters. The number of amides is 4. The number of carbonyl (C=O) groups is 4. The number of nitrogens with zero attached hydrogens (tertiary/aromatic N) is 5. The number of nitrogens with one attached hydrogen (secondary N) is 2. The number of halogens is 3. The van der Waals surface area contributed by atoms with Crippen LogP contribution in [0.5, 0.6) is 11.5 Å². The first kappa shape index (κ1) is 44.6. The Hall–Kier alpha value is -5.97. The van der Waals surface area contributed by atoms with E-state index in [4.69, 9.17) is 21.1 Å². The van der Waals surface area contributed by atoms with E-state index in [1.165, 1.54) is 35.9 Å². The Morgan fingerprint density at radius 3 is 2.55 bits per heavy atom. The second kappa shape index (κ2) is 20.2. The topological polar surface area (TPSA) is 146 Å². The number of aromatic nitrogens is 2. The third-order valence-electron chi connectivity index (χ3n) is 11.9. The van der Waals surface area contributed by atoms with E-state index >= 15 is 8.78 Å². The Morgan fingerprint density at radius 1 is 0.984 bits per heavy atom. The van der Waals surface area contributed by atoms with Crippen LogP contribution in [-0.4, -0.2) is 88.8 Å². The fourth-order valence-electron chi connectivity index (χ4n) is 8.41. The minimum atomic E-state index is -0.766. The van der Waals surface area contributed by atoms with Crippen LogP contribution in [0.1, 0.15) is 71.3 Å². The summed E-state index contributed by atoms with van der Waals surface area (Å²) in [5, 5.41) is 8.05. The molecule has 1 atom stereocenters. The molecule has 3 aliphatic heterocycles. The third-order valence-corrected chi connectivity index (χ3v) is 13.2. The first-order chi connectivity index (χ1) is 31.1.